The third kappa shape index (κ3) is 2.40. The quantitative estimate of drug-likeness (QED) is 0.767. The summed E-state index contributed by atoms with van der Waals surface area (Å²) in [6, 6.07) is 7.24. The first-order chi connectivity index (χ1) is 8.78. The van der Waals surface area contributed by atoms with E-state index in [1.807, 2.05) is 0 Å². The molecule has 0 bridgehead atoms. The standard InChI is InChI=1S/C14H18BrClN2/c15-13-8-11(9-16)3-4-14(13)18-7-6-17-5-1-2-12(17)10-18/h3-4,8,12H,1-2,5-7,9-10H2. The molecule has 18 heavy (non-hydrogen) atoms. The lowest BCUT2D eigenvalue weighted by Crippen LogP contribution is -2.50. The van der Waals surface area contributed by atoms with Gasteiger partial charge in [-0.1, -0.05) is 6.07 Å². The molecule has 0 radical (unpaired) electrons. The molecule has 0 saturated carbocycles. The Morgan fingerprint density at radius 1 is 1.28 bits per heavy atom. The maximum Gasteiger partial charge on any atom is 0.0511 e. The van der Waals surface area contributed by atoms with Crippen LogP contribution in [-0.2, 0) is 5.88 Å². The molecule has 0 aliphatic carbocycles. The lowest BCUT2D eigenvalue weighted by Gasteiger charge is -2.39. The van der Waals surface area contributed by atoms with Crippen molar-refractivity contribution in [2.45, 2.75) is 24.8 Å². The van der Waals surface area contributed by atoms with Crippen LogP contribution < -0.4 is 4.90 Å². The summed E-state index contributed by atoms with van der Waals surface area (Å²) < 4.78 is 1.17. The van der Waals surface area contributed by atoms with Crippen LogP contribution in [0.1, 0.15) is 18.4 Å². The average molecular weight is 330 g/mol. The topological polar surface area (TPSA) is 6.48 Å². The molecule has 98 valence electrons. The Kier molecular flexibility index (Phi) is 3.83. The van der Waals surface area contributed by atoms with Crippen LogP contribution in [0.2, 0.25) is 0 Å². The molecule has 0 amide bonds. The number of rotatable bonds is 2. The fourth-order valence-corrected chi connectivity index (χ4v) is 3.94. The second-order valence-electron chi connectivity index (χ2n) is 5.20. The van der Waals surface area contributed by atoms with Crippen molar-refractivity contribution in [1.29, 1.82) is 0 Å². The number of halogens is 2. The van der Waals surface area contributed by atoms with Crippen LogP contribution in [0, 0.1) is 0 Å². The molecule has 0 N–H and O–H groups in total. The van der Waals surface area contributed by atoms with Gasteiger partial charge in [-0.25, -0.2) is 0 Å². The van der Waals surface area contributed by atoms with E-state index in [0.717, 1.165) is 12.6 Å². The number of benzene rings is 1. The van der Waals surface area contributed by atoms with E-state index in [1.54, 1.807) is 0 Å². The molecule has 0 spiro atoms. The van der Waals surface area contributed by atoms with Crippen LogP contribution >= 0.6 is 27.5 Å². The summed E-state index contributed by atoms with van der Waals surface area (Å²) in [5, 5.41) is 0. The maximum atomic E-state index is 5.87. The van der Waals surface area contributed by atoms with Crippen molar-refractivity contribution < 1.29 is 0 Å². The average Bonchev–Trinajstić information content (AvgIpc) is 2.85. The minimum absolute atomic E-state index is 0.579. The highest BCUT2D eigenvalue weighted by molar-refractivity contribution is 9.10. The van der Waals surface area contributed by atoms with Crippen molar-refractivity contribution in [3.05, 3.63) is 28.2 Å². The van der Waals surface area contributed by atoms with E-state index >= 15 is 0 Å². The number of hydrogen-bond donors (Lipinski definition) is 0. The molecule has 4 heteroatoms. The Labute approximate surface area is 122 Å². The fraction of sp³-hybridized carbons (Fsp3) is 0.571. The summed E-state index contributed by atoms with van der Waals surface area (Å²) in [7, 11) is 0. The summed E-state index contributed by atoms with van der Waals surface area (Å²) in [6.45, 7) is 4.80. The second-order valence-corrected chi connectivity index (χ2v) is 6.32. The number of nitrogens with zero attached hydrogens (tertiary/aromatic N) is 2. The van der Waals surface area contributed by atoms with Gasteiger partial charge in [-0.05, 0) is 53.0 Å². The molecule has 3 rings (SSSR count). The Balaban J connectivity index is 1.78. The van der Waals surface area contributed by atoms with Crippen LogP contribution in [0.3, 0.4) is 0 Å². The molecule has 2 aliphatic heterocycles. The van der Waals surface area contributed by atoms with E-state index in [-0.39, 0.29) is 0 Å². The van der Waals surface area contributed by atoms with E-state index < -0.39 is 0 Å². The lowest BCUT2D eigenvalue weighted by molar-refractivity contribution is 0.231. The predicted molar refractivity (Wildman–Crippen MR) is 80.5 cm³/mol. The zero-order valence-corrected chi connectivity index (χ0v) is 12.8. The van der Waals surface area contributed by atoms with Gasteiger partial charge in [0.1, 0.15) is 0 Å². The van der Waals surface area contributed by atoms with E-state index in [4.69, 9.17) is 11.6 Å². The first kappa shape index (κ1) is 12.8. The van der Waals surface area contributed by atoms with Crippen LogP contribution in [0.25, 0.3) is 0 Å². The highest BCUT2D eigenvalue weighted by atomic mass is 79.9. The van der Waals surface area contributed by atoms with Gasteiger partial charge >= 0.3 is 0 Å². The molecule has 1 aromatic rings. The molecule has 2 aliphatic rings. The van der Waals surface area contributed by atoms with Crippen molar-refractivity contribution >= 4 is 33.2 Å². The molecule has 2 fully saturated rings. The van der Waals surface area contributed by atoms with Gasteiger partial charge in [-0.3, -0.25) is 4.90 Å². The van der Waals surface area contributed by atoms with E-state index in [9.17, 15) is 0 Å². The van der Waals surface area contributed by atoms with Gasteiger partial charge in [0.05, 0.1) is 5.69 Å². The summed E-state index contributed by atoms with van der Waals surface area (Å²) in [4.78, 5) is 5.14. The zero-order valence-electron chi connectivity index (χ0n) is 10.4. The Morgan fingerprint density at radius 2 is 2.17 bits per heavy atom. The summed E-state index contributed by atoms with van der Waals surface area (Å²) >= 11 is 9.55. The molecule has 1 unspecified atom stereocenters. The number of fused-ring (bicyclic) bond motifs is 1. The van der Waals surface area contributed by atoms with Gasteiger partial charge < -0.3 is 4.90 Å². The van der Waals surface area contributed by atoms with Gasteiger partial charge in [0.15, 0.2) is 0 Å². The van der Waals surface area contributed by atoms with Gasteiger partial charge in [0.2, 0.25) is 0 Å². The molecular formula is C14H18BrClN2. The smallest absolute Gasteiger partial charge is 0.0511 e. The largest absolute Gasteiger partial charge is 0.368 e. The SMILES string of the molecule is ClCc1ccc(N2CCN3CCCC3C2)c(Br)c1. The molecule has 1 atom stereocenters. The van der Waals surface area contributed by atoms with Gasteiger partial charge in [-0.2, -0.15) is 0 Å². The van der Waals surface area contributed by atoms with Crippen LogP contribution in [-0.4, -0.2) is 37.1 Å². The molecule has 1 aromatic carbocycles. The van der Waals surface area contributed by atoms with Crippen molar-refractivity contribution in [2.24, 2.45) is 0 Å². The first-order valence-corrected chi connectivity index (χ1v) is 7.94. The Bertz CT molecular complexity index is 438. The highest BCUT2D eigenvalue weighted by Gasteiger charge is 2.30. The fourth-order valence-electron chi connectivity index (χ4n) is 3.10. The minimum Gasteiger partial charge on any atom is -0.368 e. The predicted octanol–water partition coefficient (Wildman–Crippen LogP) is 3.47. The van der Waals surface area contributed by atoms with Crippen molar-refractivity contribution in [3.8, 4) is 0 Å². The molecule has 0 aromatic heterocycles. The Morgan fingerprint density at radius 3 is 2.94 bits per heavy atom. The van der Waals surface area contributed by atoms with Crippen LogP contribution in [0.4, 0.5) is 5.69 Å². The van der Waals surface area contributed by atoms with E-state index in [2.05, 4.69) is 43.9 Å². The molecule has 2 saturated heterocycles. The molecule has 2 heterocycles. The summed E-state index contributed by atoms with van der Waals surface area (Å²) in [6.07, 6.45) is 2.72. The molecule has 2 nitrogen and oxygen atoms in total. The van der Waals surface area contributed by atoms with Gasteiger partial charge in [0, 0.05) is 36.0 Å². The first-order valence-electron chi connectivity index (χ1n) is 6.61. The Hall–Kier alpha value is -0.250. The number of anilines is 1. The van der Waals surface area contributed by atoms with Crippen LogP contribution in [0.5, 0.6) is 0 Å². The van der Waals surface area contributed by atoms with Crippen molar-refractivity contribution in [1.82, 2.24) is 4.90 Å². The minimum atomic E-state index is 0.579. The molecular weight excluding hydrogens is 312 g/mol. The van der Waals surface area contributed by atoms with Gasteiger partial charge in [0.25, 0.3) is 0 Å². The van der Waals surface area contributed by atoms with Gasteiger partial charge in [-0.15, -0.1) is 11.6 Å². The summed E-state index contributed by atoms with van der Waals surface area (Å²) in [5.41, 5.74) is 2.49. The normalized spacial score (nSPS) is 24.3. The van der Waals surface area contributed by atoms with E-state index in [0.29, 0.717) is 5.88 Å². The van der Waals surface area contributed by atoms with Crippen LogP contribution in [0.15, 0.2) is 22.7 Å². The zero-order chi connectivity index (χ0) is 12.5. The van der Waals surface area contributed by atoms with E-state index in [1.165, 1.54) is 48.2 Å². The number of hydrogen-bond acceptors (Lipinski definition) is 2. The monoisotopic (exact) mass is 328 g/mol. The highest BCUT2D eigenvalue weighted by Crippen LogP contribution is 2.31. The third-order valence-corrected chi connectivity index (χ3v) is 5.04. The van der Waals surface area contributed by atoms with Crippen molar-refractivity contribution in [3.63, 3.8) is 0 Å². The second kappa shape index (κ2) is 5.40. The number of alkyl halides is 1. The maximum absolute atomic E-state index is 5.87. The summed E-state index contributed by atoms with van der Waals surface area (Å²) in [5.74, 6) is 0.579. The third-order valence-electron chi connectivity index (χ3n) is 4.09. The number of piperazine rings is 1. The van der Waals surface area contributed by atoms with Crippen molar-refractivity contribution in [2.75, 3.05) is 31.1 Å². The lowest BCUT2D eigenvalue weighted by atomic mass is 10.1.